The maximum Gasteiger partial charge on any atom is 0.253 e. The summed E-state index contributed by atoms with van der Waals surface area (Å²) >= 11 is 0. The molecule has 158 valence electrons. The van der Waals surface area contributed by atoms with Crippen molar-refractivity contribution in [3.8, 4) is 0 Å². The molecule has 3 atom stereocenters. The highest BCUT2D eigenvalue weighted by Crippen LogP contribution is 2.27. The van der Waals surface area contributed by atoms with Crippen LogP contribution < -0.4 is 10.6 Å². The van der Waals surface area contributed by atoms with Gasteiger partial charge in [0.05, 0.1) is 24.3 Å². The summed E-state index contributed by atoms with van der Waals surface area (Å²) in [6.07, 6.45) is 7.98. The van der Waals surface area contributed by atoms with Crippen LogP contribution in [-0.2, 0) is 16.1 Å². The fourth-order valence-corrected chi connectivity index (χ4v) is 3.76. The first-order valence-electron chi connectivity index (χ1n) is 10.4. The van der Waals surface area contributed by atoms with Crippen LogP contribution in [0, 0.1) is 12.8 Å². The number of nitrogens with one attached hydrogen (secondary N) is 3. The Bertz CT molecular complexity index is 786. The molecule has 0 unspecified atom stereocenters. The van der Waals surface area contributed by atoms with Gasteiger partial charge in [0.1, 0.15) is 0 Å². The van der Waals surface area contributed by atoms with Crippen LogP contribution in [0.25, 0.3) is 0 Å². The van der Waals surface area contributed by atoms with Crippen molar-refractivity contribution in [2.24, 2.45) is 5.92 Å². The molecular formula is C21H31N5O3. The van der Waals surface area contributed by atoms with Gasteiger partial charge in [0, 0.05) is 43.4 Å². The first kappa shape index (κ1) is 21.1. The topological polar surface area (TPSA) is 101 Å². The smallest absolute Gasteiger partial charge is 0.253 e. The Morgan fingerprint density at radius 1 is 1.34 bits per heavy atom. The van der Waals surface area contributed by atoms with Crippen LogP contribution in [0.15, 0.2) is 30.7 Å². The molecular weight excluding hydrogens is 370 g/mol. The summed E-state index contributed by atoms with van der Waals surface area (Å²) in [5.74, 6) is -0.162. The number of aromatic amines is 1. The molecule has 3 N–H and O–H groups in total. The predicted octanol–water partition coefficient (Wildman–Crippen LogP) is 2.03. The number of hydrogen-bond acceptors (Lipinski definition) is 4. The van der Waals surface area contributed by atoms with E-state index in [9.17, 15) is 9.59 Å². The Morgan fingerprint density at radius 3 is 2.90 bits per heavy atom. The van der Waals surface area contributed by atoms with E-state index in [1.807, 2.05) is 17.7 Å². The van der Waals surface area contributed by atoms with Crippen molar-refractivity contribution >= 4 is 11.8 Å². The summed E-state index contributed by atoms with van der Waals surface area (Å²) in [5, 5.41) is 10.3. The molecule has 8 heteroatoms. The molecule has 0 spiro atoms. The van der Waals surface area contributed by atoms with Crippen molar-refractivity contribution in [3.63, 3.8) is 0 Å². The number of H-pyrrole nitrogens is 1. The molecule has 3 rings (SSSR count). The monoisotopic (exact) mass is 401 g/mol. The normalized spacial score (nSPS) is 21.7. The highest BCUT2D eigenvalue weighted by Gasteiger charge is 2.35. The van der Waals surface area contributed by atoms with Crippen molar-refractivity contribution in [2.45, 2.75) is 58.2 Å². The molecule has 0 aromatic carbocycles. The van der Waals surface area contributed by atoms with Gasteiger partial charge in [0.25, 0.3) is 5.91 Å². The van der Waals surface area contributed by atoms with Gasteiger partial charge < -0.3 is 20.4 Å². The van der Waals surface area contributed by atoms with Gasteiger partial charge >= 0.3 is 0 Å². The van der Waals surface area contributed by atoms with Crippen molar-refractivity contribution in [1.29, 1.82) is 0 Å². The second-order valence-electron chi connectivity index (χ2n) is 7.59. The van der Waals surface area contributed by atoms with E-state index >= 15 is 0 Å². The lowest BCUT2D eigenvalue weighted by atomic mass is 9.83. The van der Waals surface area contributed by atoms with E-state index in [4.69, 9.17) is 4.74 Å². The molecule has 0 bridgehead atoms. The van der Waals surface area contributed by atoms with Crippen molar-refractivity contribution in [3.05, 3.63) is 42.0 Å². The lowest BCUT2D eigenvalue weighted by Crippen LogP contribution is -2.50. The minimum absolute atomic E-state index is 0.0512. The molecule has 29 heavy (non-hydrogen) atoms. The Labute approximate surface area is 171 Å². The highest BCUT2D eigenvalue weighted by atomic mass is 16.5. The number of amides is 2. The molecule has 1 saturated carbocycles. The minimum Gasteiger partial charge on any atom is -0.376 e. The molecule has 2 amide bonds. The van der Waals surface area contributed by atoms with Gasteiger partial charge in [0.2, 0.25) is 5.91 Å². The van der Waals surface area contributed by atoms with E-state index in [1.165, 1.54) is 0 Å². The lowest BCUT2D eigenvalue weighted by molar-refractivity contribution is -0.128. The van der Waals surface area contributed by atoms with Crippen molar-refractivity contribution in [2.75, 3.05) is 13.2 Å². The molecule has 2 heterocycles. The number of rotatable bonds is 9. The molecule has 1 fully saturated rings. The Kier molecular flexibility index (Phi) is 7.46. The van der Waals surface area contributed by atoms with Gasteiger partial charge in [-0.1, -0.05) is 6.92 Å². The van der Waals surface area contributed by atoms with Gasteiger partial charge in [-0.15, -0.1) is 0 Å². The quantitative estimate of drug-likeness (QED) is 0.598. The third-order valence-corrected chi connectivity index (χ3v) is 5.43. The fourth-order valence-electron chi connectivity index (χ4n) is 3.76. The number of carbonyl (C=O) groups is 2. The summed E-state index contributed by atoms with van der Waals surface area (Å²) in [4.78, 5) is 28.0. The number of aromatic nitrogens is 3. The molecule has 0 saturated heterocycles. The Morgan fingerprint density at radius 2 is 2.21 bits per heavy atom. The summed E-state index contributed by atoms with van der Waals surface area (Å²) < 4.78 is 7.88. The Balaban J connectivity index is 1.52. The third kappa shape index (κ3) is 5.69. The van der Waals surface area contributed by atoms with E-state index in [0.717, 1.165) is 25.0 Å². The average molecular weight is 402 g/mol. The lowest BCUT2D eigenvalue weighted by Gasteiger charge is -2.35. The van der Waals surface area contributed by atoms with E-state index in [-0.39, 0.29) is 29.9 Å². The van der Waals surface area contributed by atoms with Crippen LogP contribution in [0.4, 0.5) is 0 Å². The number of ether oxygens (including phenoxy) is 1. The van der Waals surface area contributed by atoms with Gasteiger partial charge in [-0.25, -0.2) is 0 Å². The third-order valence-electron chi connectivity index (χ3n) is 5.43. The standard InChI is InChI=1S/C21H31N5O3/c1-3-12-29-19-13-16(20(27)23-10-11-26-15(2)6-9-24-26)4-5-18(19)25-21(28)17-7-8-22-14-17/h6-9,14,16,18-19,22H,3-5,10-13H2,1-2H3,(H,23,27)(H,25,28)/t16-,18+,19+/m0/s1. The largest absolute Gasteiger partial charge is 0.376 e. The van der Waals surface area contributed by atoms with Crippen LogP contribution in [0.1, 0.15) is 48.7 Å². The van der Waals surface area contributed by atoms with Crippen molar-refractivity contribution in [1.82, 2.24) is 25.4 Å². The van der Waals surface area contributed by atoms with Crippen LogP contribution >= 0.6 is 0 Å². The number of carbonyl (C=O) groups excluding carboxylic acids is 2. The van der Waals surface area contributed by atoms with Crippen LogP contribution in [0.2, 0.25) is 0 Å². The minimum atomic E-state index is -0.157. The zero-order valence-electron chi connectivity index (χ0n) is 17.2. The highest BCUT2D eigenvalue weighted by molar-refractivity contribution is 5.94. The average Bonchev–Trinajstić information content (AvgIpc) is 3.39. The van der Waals surface area contributed by atoms with Gasteiger partial charge in [-0.05, 0) is 44.7 Å². The van der Waals surface area contributed by atoms with Gasteiger partial charge in [-0.3, -0.25) is 14.3 Å². The van der Waals surface area contributed by atoms with Gasteiger partial charge in [-0.2, -0.15) is 5.10 Å². The summed E-state index contributed by atoms with van der Waals surface area (Å²) in [5.41, 5.74) is 1.68. The van der Waals surface area contributed by atoms with Gasteiger partial charge in [0.15, 0.2) is 0 Å². The van der Waals surface area contributed by atoms with E-state index in [2.05, 4.69) is 27.6 Å². The molecule has 2 aromatic rings. The molecule has 0 aliphatic heterocycles. The van der Waals surface area contributed by atoms with Crippen LogP contribution in [0.3, 0.4) is 0 Å². The van der Waals surface area contributed by atoms with E-state index in [0.29, 0.717) is 31.7 Å². The number of nitrogens with zero attached hydrogens (tertiary/aromatic N) is 2. The zero-order chi connectivity index (χ0) is 20.6. The van der Waals surface area contributed by atoms with E-state index in [1.54, 1.807) is 24.7 Å². The van der Waals surface area contributed by atoms with Crippen molar-refractivity contribution < 1.29 is 14.3 Å². The molecule has 8 nitrogen and oxygen atoms in total. The second kappa shape index (κ2) is 10.2. The Hall–Kier alpha value is -2.61. The summed E-state index contributed by atoms with van der Waals surface area (Å²) in [6, 6.07) is 3.61. The molecule has 2 aromatic heterocycles. The van der Waals surface area contributed by atoms with E-state index < -0.39 is 0 Å². The second-order valence-corrected chi connectivity index (χ2v) is 7.59. The number of aryl methyl sites for hydroxylation is 1. The maximum absolute atomic E-state index is 12.7. The number of hydrogen-bond donors (Lipinski definition) is 3. The van der Waals surface area contributed by atoms with Crippen LogP contribution in [0.5, 0.6) is 0 Å². The maximum atomic E-state index is 12.7. The molecule has 1 aliphatic carbocycles. The summed E-state index contributed by atoms with van der Waals surface area (Å²) in [7, 11) is 0. The fraction of sp³-hybridized carbons (Fsp3) is 0.571. The first-order chi connectivity index (χ1) is 14.1. The first-order valence-corrected chi connectivity index (χ1v) is 10.4. The molecule has 0 radical (unpaired) electrons. The van der Waals surface area contributed by atoms with Crippen LogP contribution in [-0.4, -0.2) is 51.9 Å². The summed E-state index contributed by atoms with van der Waals surface area (Å²) in [6.45, 7) is 5.87. The SMILES string of the molecule is CCCO[C@@H]1C[C@@H](C(=O)NCCn2nccc2C)CC[C@H]1NC(=O)c1cc[nH]c1. The zero-order valence-corrected chi connectivity index (χ0v) is 17.2. The predicted molar refractivity (Wildman–Crippen MR) is 109 cm³/mol. The molecule has 1 aliphatic rings.